The van der Waals surface area contributed by atoms with E-state index in [1.165, 1.54) is 25.2 Å². The van der Waals surface area contributed by atoms with E-state index in [0.717, 1.165) is 32.1 Å². The Kier molecular flexibility index (Phi) is 15.3. The maximum absolute atomic E-state index is 13.9. The largest absolute Gasteiger partial charge is 0.425 e. The van der Waals surface area contributed by atoms with Crippen molar-refractivity contribution in [2.75, 3.05) is 0 Å². The van der Waals surface area contributed by atoms with Crippen molar-refractivity contribution in [3.63, 3.8) is 0 Å². The summed E-state index contributed by atoms with van der Waals surface area (Å²) in [6.07, 6.45) is -0.705. The highest BCUT2D eigenvalue weighted by molar-refractivity contribution is 6.74. The second-order valence-corrected chi connectivity index (χ2v) is 32.8. The summed E-state index contributed by atoms with van der Waals surface area (Å²) in [5.41, 5.74) is -3.22. The van der Waals surface area contributed by atoms with E-state index in [1.54, 1.807) is 0 Å². The fourth-order valence-electron chi connectivity index (χ4n) is 5.70. The topological polar surface area (TPSA) is 27.7 Å². The third kappa shape index (κ3) is 13.6. The minimum atomic E-state index is -5.54. The van der Waals surface area contributed by atoms with E-state index in [9.17, 15) is 26.3 Å². The predicted octanol–water partition coefficient (Wildman–Crippen LogP) is 13.5. The first kappa shape index (κ1) is 45.6. The summed E-state index contributed by atoms with van der Waals surface area (Å²) < 4.78 is 102. The second-order valence-electron chi connectivity index (χ2n) is 18.8. The lowest BCUT2D eigenvalue weighted by Crippen LogP contribution is -2.62. The Morgan fingerprint density at radius 3 is 1.44 bits per heavy atom. The van der Waals surface area contributed by atoms with E-state index < -0.39 is 54.7 Å². The number of rotatable bonds is 15. The van der Waals surface area contributed by atoms with Crippen LogP contribution in [0.1, 0.15) is 113 Å². The normalized spacial score (nSPS) is 20.1. The zero-order valence-electron chi connectivity index (χ0n) is 32.7. The van der Waals surface area contributed by atoms with Crippen molar-refractivity contribution in [1.82, 2.24) is 0 Å². The number of alkyl halides is 6. The van der Waals surface area contributed by atoms with Gasteiger partial charge in [0.25, 0.3) is 0 Å². The van der Waals surface area contributed by atoms with Gasteiger partial charge in [-0.05, 0) is 119 Å². The van der Waals surface area contributed by atoms with E-state index >= 15 is 0 Å². The van der Waals surface area contributed by atoms with Crippen molar-refractivity contribution in [2.45, 2.75) is 199 Å². The molecule has 0 amide bonds. The Morgan fingerprint density at radius 2 is 1.06 bits per heavy atom. The summed E-state index contributed by atoms with van der Waals surface area (Å²) in [6.45, 7) is 30.6. The Bertz CT molecular complexity index is 1020. The SMILES string of the molecule is CC(C)(CCC/C=C/C=C1C[C@@H](O[Si](C)(C)C(C)(C)C)C[C@H](O[Si](C)(C)C(C)(C)C)C1)CCCC(O[Si](C)(C)C)(C(F)(F)F)C(F)(F)F. The zero-order valence-corrected chi connectivity index (χ0v) is 35.7. The minimum Gasteiger partial charge on any atom is -0.414 e. The number of hydrogen-bond acceptors (Lipinski definition) is 3. The van der Waals surface area contributed by atoms with Crippen molar-refractivity contribution in [2.24, 2.45) is 5.41 Å². The van der Waals surface area contributed by atoms with Gasteiger partial charge < -0.3 is 13.3 Å². The molecular weight excluding hydrogens is 679 g/mol. The molecule has 0 aliphatic heterocycles. The van der Waals surface area contributed by atoms with Crippen LogP contribution in [0.3, 0.4) is 0 Å². The molecular formula is C36H68F6O3Si3. The molecule has 1 rings (SSSR count). The molecule has 0 heterocycles. The molecule has 0 saturated heterocycles. The first-order chi connectivity index (χ1) is 21.1. The van der Waals surface area contributed by atoms with Crippen molar-refractivity contribution in [1.29, 1.82) is 0 Å². The van der Waals surface area contributed by atoms with Gasteiger partial charge in [0.05, 0.1) is 12.2 Å². The molecule has 0 aromatic carbocycles. The first-order valence-electron chi connectivity index (χ1n) is 17.7. The van der Waals surface area contributed by atoms with Crippen LogP contribution in [0.5, 0.6) is 0 Å². The molecule has 1 aliphatic rings. The maximum atomic E-state index is 13.9. The highest BCUT2D eigenvalue weighted by Crippen LogP contribution is 2.51. The molecule has 2 atom stereocenters. The third-order valence-electron chi connectivity index (χ3n) is 10.5. The molecule has 0 spiro atoms. The fourth-order valence-corrected chi connectivity index (χ4v) is 9.82. The van der Waals surface area contributed by atoms with Crippen molar-refractivity contribution < 1.29 is 39.6 Å². The quantitative estimate of drug-likeness (QED) is 0.0949. The molecule has 0 aromatic heterocycles. The van der Waals surface area contributed by atoms with Gasteiger partial charge in [0.1, 0.15) is 0 Å². The predicted molar refractivity (Wildman–Crippen MR) is 196 cm³/mol. The maximum Gasteiger partial charge on any atom is 0.425 e. The number of halogens is 6. The molecule has 0 N–H and O–H groups in total. The van der Waals surface area contributed by atoms with Crippen LogP contribution in [0.25, 0.3) is 0 Å². The van der Waals surface area contributed by atoms with Crippen molar-refractivity contribution >= 4 is 25.0 Å². The summed E-state index contributed by atoms with van der Waals surface area (Å²) in [5.74, 6) is 0. The number of hydrogen-bond donors (Lipinski definition) is 0. The summed E-state index contributed by atoms with van der Waals surface area (Å²) in [4.78, 5) is 0. The Labute approximate surface area is 292 Å². The Balaban J connectivity index is 2.91. The molecule has 1 saturated carbocycles. The molecule has 1 aliphatic carbocycles. The summed E-state index contributed by atoms with van der Waals surface area (Å²) in [7, 11) is -7.10. The Morgan fingerprint density at radius 1 is 0.646 bits per heavy atom. The molecule has 48 heavy (non-hydrogen) atoms. The van der Waals surface area contributed by atoms with E-state index in [2.05, 4.69) is 86.0 Å². The van der Waals surface area contributed by atoms with Crippen LogP contribution in [0, 0.1) is 5.41 Å². The van der Waals surface area contributed by atoms with Crippen LogP contribution in [0.15, 0.2) is 23.8 Å². The molecule has 0 unspecified atom stereocenters. The van der Waals surface area contributed by atoms with Crippen molar-refractivity contribution in [3.05, 3.63) is 23.8 Å². The van der Waals surface area contributed by atoms with Gasteiger partial charge in [-0.2, -0.15) is 26.3 Å². The van der Waals surface area contributed by atoms with Gasteiger partial charge in [-0.3, -0.25) is 0 Å². The highest BCUT2D eigenvalue weighted by atomic mass is 28.4. The zero-order chi connectivity index (χ0) is 37.8. The molecule has 12 heteroatoms. The molecule has 3 nitrogen and oxygen atoms in total. The van der Waals surface area contributed by atoms with Crippen LogP contribution in [-0.4, -0.2) is 55.1 Å². The fraction of sp³-hybridized carbons (Fsp3) is 0.889. The van der Waals surface area contributed by atoms with Gasteiger partial charge in [0.15, 0.2) is 25.0 Å². The van der Waals surface area contributed by atoms with E-state index in [4.69, 9.17) is 13.3 Å². The van der Waals surface area contributed by atoms with Crippen LogP contribution in [0.4, 0.5) is 26.3 Å². The molecule has 0 bridgehead atoms. The van der Waals surface area contributed by atoms with Crippen LogP contribution in [-0.2, 0) is 13.3 Å². The molecule has 0 aromatic rings. The first-order valence-corrected chi connectivity index (χ1v) is 26.9. The smallest absolute Gasteiger partial charge is 0.414 e. The van der Waals surface area contributed by atoms with Crippen LogP contribution in [0.2, 0.25) is 55.9 Å². The van der Waals surface area contributed by atoms with E-state index in [-0.39, 0.29) is 35.1 Å². The lowest BCUT2D eigenvalue weighted by molar-refractivity contribution is -0.362. The minimum absolute atomic E-state index is 0.110. The standard InChI is InChI=1S/C36H68F6O3Si3/c1-31(2,3)47(12,13)43-29-25-28(26-30(27-29)44-48(14,15)32(4,5)6)21-18-16-17-19-22-33(7,8)23-20-24-34(35(37,38)39,36(40,41)42)45-46(9,10)11/h16,18,21,29-30H,17,19-20,22-27H2,1-15H3/b18-16+/t29-,30-/m1/s1. The lowest BCUT2D eigenvalue weighted by atomic mass is 9.80. The monoisotopic (exact) mass is 746 g/mol. The summed E-state index contributed by atoms with van der Waals surface area (Å²) in [6, 6.07) is 0. The number of unbranched alkanes of at least 4 members (excludes halogenated alkanes) is 1. The average molecular weight is 747 g/mol. The van der Waals surface area contributed by atoms with Crippen molar-refractivity contribution in [3.8, 4) is 0 Å². The van der Waals surface area contributed by atoms with E-state index in [0.29, 0.717) is 6.42 Å². The van der Waals surface area contributed by atoms with Crippen LogP contribution >= 0.6 is 0 Å². The highest BCUT2D eigenvalue weighted by Gasteiger charge is 2.72. The van der Waals surface area contributed by atoms with Gasteiger partial charge >= 0.3 is 12.4 Å². The summed E-state index contributed by atoms with van der Waals surface area (Å²) >= 11 is 0. The average Bonchev–Trinajstić information content (AvgIpc) is 2.81. The molecule has 1 fully saturated rings. The lowest BCUT2D eigenvalue weighted by Gasteiger charge is -2.45. The van der Waals surface area contributed by atoms with Gasteiger partial charge in [0.2, 0.25) is 5.60 Å². The van der Waals surface area contributed by atoms with Gasteiger partial charge in [-0.1, -0.05) is 79.2 Å². The van der Waals surface area contributed by atoms with Gasteiger partial charge in [-0.15, -0.1) is 0 Å². The Hall–Kier alpha value is -0.409. The summed E-state index contributed by atoms with van der Waals surface area (Å²) in [5, 5.41) is 0.221. The molecule has 0 radical (unpaired) electrons. The molecule has 284 valence electrons. The van der Waals surface area contributed by atoms with Crippen LogP contribution < -0.4 is 0 Å². The number of allylic oxidation sites excluding steroid dienone is 3. The third-order valence-corrected chi connectivity index (χ3v) is 20.5. The van der Waals surface area contributed by atoms with Gasteiger partial charge in [-0.25, -0.2) is 0 Å². The second kappa shape index (κ2) is 16.1. The van der Waals surface area contributed by atoms with Gasteiger partial charge in [0, 0.05) is 0 Å². The van der Waals surface area contributed by atoms with E-state index in [1.807, 2.05) is 13.8 Å².